The molecule has 0 saturated heterocycles. The summed E-state index contributed by atoms with van der Waals surface area (Å²) in [5.41, 5.74) is 1.76. The maximum atomic E-state index is 12.3. The molecule has 0 aliphatic heterocycles. The van der Waals surface area contributed by atoms with E-state index in [0.717, 1.165) is 11.3 Å². The van der Waals surface area contributed by atoms with E-state index in [9.17, 15) is 9.59 Å². The minimum absolute atomic E-state index is 0.108. The number of amides is 2. The Bertz CT molecular complexity index is 756. The van der Waals surface area contributed by atoms with Crippen LogP contribution >= 0.6 is 0 Å². The number of aryl methyl sites for hydroxylation is 2. The summed E-state index contributed by atoms with van der Waals surface area (Å²) in [5.74, 6) is -0.518. The summed E-state index contributed by atoms with van der Waals surface area (Å²) in [6, 6.07) is 5.06. The average molecular weight is 331 g/mol. The Morgan fingerprint density at radius 1 is 1.38 bits per heavy atom. The largest absolute Gasteiger partial charge is 0.481 e. The fourth-order valence-corrected chi connectivity index (χ4v) is 2.18. The standard InChI is InChI=1S/C16H21N5O3/c1-10-5-6-17-13(7-10)21-14(8-12(3)19-21)18-16(24)20(4)9-11(2)15(22)23/h5-8,11H,9H2,1-4H3,(H,18,24)(H,22,23). The summed E-state index contributed by atoms with van der Waals surface area (Å²) in [7, 11) is 1.55. The Kier molecular flexibility index (Phi) is 5.18. The summed E-state index contributed by atoms with van der Waals surface area (Å²) in [6.07, 6.45) is 1.67. The molecule has 0 aromatic carbocycles. The van der Waals surface area contributed by atoms with Gasteiger partial charge in [0.05, 0.1) is 11.6 Å². The Balaban J connectivity index is 2.18. The number of aromatic nitrogens is 3. The summed E-state index contributed by atoms with van der Waals surface area (Å²) < 4.78 is 1.55. The van der Waals surface area contributed by atoms with Gasteiger partial charge in [-0.2, -0.15) is 9.78 Å². The molecule has 0 aliphatic rings. The van der Waals surface area contributed by atoms with Crippen molar-refractivity contribution in [3.05, 3.63) is 35.7 Å². The van der Waals surface area contributed by atoms with Crippen LogP contribution in [0.15, 0.2) is 24.4 Å². The quantitative estimate of drug-likeness (QED) is 0.873. The number of pyridine rings is 1. The number of carbonyl (C=O) groups excluding carboxylic acids is 1. The SMILES string of the molecule is Cc1ccnc(-n2nc(C)cc2NC(=O)N(C)CC(C)C(=O)O)c1. The molecule has 2 aromatic rings. The van der Waals surface area contributed by atoms with Gasteiger partial charge in [0.1, 0.15) is 5.82 Å². The molecule has 24 heavy (non-hydrogen) atoms. The van der Waals surface area contributed by atoms with Crippen molar-refractivity contribution < 1.29 is 14.7 Å². The number of hydrogen-bond donors (Lipinski definition) is 2. The summed E-state index contributed by atoms with van der Waals surface area (Å²) in [6.45, 7) is 5.42. The fourth-order valence-electron chi connectivity index (χ4n) is 2.18. The smallest absolute Gasteiger partial charge is 0.322 e. The Labute approximate surface area is 140 Å². The zero-order valence-corrected chi connectivity index (χ0v) is 14.1. The van der Waals surface area contributed by atoms with E-state index in [-0.39, 0.29) is 6.54 Å². The number of carboxylic acids is 1. The summed E-state index contributed by atoms with van der Waals surface area (Å²) >= 11 is 0. The lowest BCUT2D eigenvalue weighted by molar-refractivity contribution is -0.141. The average Bonchev–Trinajstić information content (AvgIpc) is 2.87. The predicted octanol–water partition coefficient (Wildman–Crippen LogP) is 2.07. The third-order valence-electron chi connectivity index (χ3n) is 3.50. The van der Waals surface area contributed by atoms with Crippen LogP contribution in [0.2, 0.25) is 0 Å². The van der Waals surface area contributed by atoms with Crippen molar-refractivity contribution >= 4 is 17.8 Å². The molecule has 8 nitrogen and oxygen atoms in total. The van der Waals surface area contributed by atoms with Gasteiger partial charge in [0, 0.05) is 25.9 Å². The van der Waals surface area contributed by atoms with Gasteiger partial charge in [-0.05, 0) is 31.5 Å². The van der Waals surface area contributed by atoms with E-state index in [1.165, 1.54) is 4.90 Å². The van der Waals surface area contributed by atoms with Crippen LogP contribution < -0.4 is 5.32 Å². The number of urea groups is 1. The topological polar surface area (TPSA) is 100 Å². The van der Waals surface area contributed by atoms with Crippen LogP contribution in [0.3, 0.4) is 0 Å². The van der Waals surface area contributed by atoms with Crippen molar-refractivity contribution in [2.75, 3.05) is 18.9 Å². The Morgan fingerprint density at radius 2 is 2.08 bits per heavy atom. The first kappa shape index (κ1) is 17.5. The van der Waals surface area contributed by atoms with Crippen molar-refractivity contribution in [2.45, 2.75) is 20.8 Å². The highest BCUT2D eigenvalue weighted by molar-refractivity contribution is 5.89. The molecule has 2 N–H and O–H groups in total. The summed E-state index contributed by atoms with van der Waals surface area (Å²) in [5, 5.41) is 16.0. The molecule has 0 radical (unpaired) electrons. The monoisotopic (exact) mass is 331 g/mol. The van der Waals surface area contributed by atoms with Crippen molar-refractivity contribution in [2.24, 2.45) is 5.92 Å². The highest BCUT2D eigenvalue weighted by Gasteiger charge is 2.19. The molecule has 1 unspecified atom stereocenters. The molecule has 2 heterocycles. The molecule has 0 saturated carbocycles. The van der Waals surface area contributed by atoms with E-state index in [1.807, 2.05) is 26.0 Å². The van der Waals surface area contributed by atoms with Crippen molar-refractivity contribution in [1.82, 2.24) is 19.7 Å². The maximum absolute atomic E-state index is 12.3. The summed E-state index contributed by atoms with van der Waals surface area (Å²) in [4.78, 5) is 28.8. The van der Waals surface area contributed by atoms with Crippen LogP contribution in [0.25, 0.3) is 5.82 Å². The lowest BCUT2D eigenvalue weighted by Gasteiger charge is -2.20. The second kappa shape index (κ2) is 7.12. The van der Waals surface area contributed by atoms with Gasteiger partial charge in [0.25, 0.3) is 0 Å². The molecule has 8 heteroatoms. The molecule has 2 aromatic heterocycles. The van der Waals surface area contributed by atoms with Gasteiger partial charge >= 0.3 is 12.0 Å². The van der Waals surface area contributed by atoms with Crippen molar-refractivity contribution in [3.63, 3.8) is 0 Å². The highest BCUT2D eigenvalue weighted by atomic mass is 16.4. The van der Waals surface area contributed by atoms with E-state index in [4.69, 9.17) is 5.11 Å². The molecular formula is C16H21N5O3. The number of nitrogens with one attached hydrogen (secondary N) is 1. The number of carbonyl (C=O) groups is 2. The van der Waals surface area contributed by atoms with E-state index >= 15 is 0 Å². The van der Waals surface area contributed by atoms with Crippen LogP contribution in [0.5, 0.6) is 0 Å². The van der Waals surface area contributed by atoms with Crippen molar-refractivity contribution in [1.29, 1.82) is 0 Å². The van der Waals surface area contributed by atoms with Gasteiger partial charge in [-0.25, -0.2) is 9.78 Å². The van der Waals surface area contributed by atoms with E-state index in [1.54, 1.807) is 30.9 Å². The van der Waals surface area contributed by atoms with Gasteiger partial charge in [-0.3, -0.25) is 10.1 Å². The van der Waals surface area contributed by atoms with E-state index in [2.05, 4.69) is 15.4 Å². The maximum Gasteiger partial charge on any atom is 0.322 e. The number of carboxylic acid groups (broad SMARTS) is 1. The van der Waals surface area contributed by atoms with Gasteiger partial charge < -0.3 is 10.0 Å². The molecule has 0 fully saturated rings. The highest BCUT2D eigenvalue weighted by Crippen LogP contribution is 2.17. The first-order chi connectivity index (χ1) is 11.3. The molecule has 2 amide bonds. The minimum atomic E-state index is -0.945. The molecule has 1 atom stereocenters. The molecule has 0 spiro atoms. The molecule has 0 bridgehead atoms. The van der Waals surface area contributed by atoms with Gasteiger partial charge in [0.2, 0.25) is 0 Å². The van der Waals surface area contributed by atoms with Gasteiger partial charge in [-0.1, -0.05) is 6.92 Å². The van der Waals surface area contributed by atoms with Crippen molar-refractivity contribution in [3.8, 4) is 5.82 Å². The lowest BCUT2D eigenvalue weighted by Crippen LogP contribution is -2.37. The van der Waals surface area contributed by atoms with Crippen LogP contribution in [0, 0.1) is 19.8 Å². The van der Waals surface area contributed by atoms with Crippen LogP contribution in [0.1, 0.15) is 18.2 Å². The first-order valence-corrected chi connectivity index (χ1v) is 7.52. The number of aliphatic carboxylic acids is 1. The Morgan fingerprint density at radius 3 is 2.71 bits per heavy atom. The second-order valence-corrected chi connectivity index (χ2v) is 5.82. The third kappa shape index (κ3) is 4.09. The zero-order chi connectivity index (χ0) is 17.9. The van der Waals surface area contributed by atoms with Gasteiger partial charge in [-0.15, -0.1) is 0 Å². The van der Waals surface area contributed by atoms with Crippen LogP contribution in [0.4, 0.5) is 10.6 Å². The van der Waals surface area contributed by atoms with E-state index < -0.39 is 17.9 Å². The third-order valence-corrected chi connectivity index (χ3v) is 3.50. The number of hydrogen-bond acceptors (Lipinski definition) is 4. The second-order valence-electron chi connectivity index (χ2n) is 5.82. The molecule has 0 aliphatic carbocycles. The number of anilines is 1. The normalized spacial score (nSPS) is 11.8. The van der Waals surface area contributed by atoms with Crippen LogP contribution in [-0.4, -0.2) is 50.4 Å². The number of rotatable bonds is 5. The molecular weight excluding hydrogens is 310 g/mol. The minimum Gasteiger partial charge on any atom is -0.481 e. The van der Waals surface area contributed by atoms with Crippen LogP contribution in [-0.2, 0) is 4.79 Å². The number of nitrogens with zero attached hydrogens (tertiary/aromatic N) is 4. The first-order valence-electron chi connectivity index (χ1n) is 7.52. The Hall–Kier alpha value is -2.90. The fraction of sp³-hybridized carbons (Fsp3) is 0.375. The molecule has 2 rings (SSSR count). The predicted molar refractivity (Wildman–Crippen MR) is 89.3 cm³/mol. The lowest BCUT2D eigenvalue weighted by atomic mass is 10.2. The van der Waals surface area contributed by atoms with Gasteiger partial charge in [0.15, 0.2) is 5.82 Å². The molecule has 128 valence electrons. The van der Waals surface area contributed by atoms with E-state index in [0.29, 0.717) is 11.6 Å². The zero-order valence-electron chi connectivity index (χ0n) is 14.1.